The molecule has 6 nitrogen and oxygen atoms in total. The highest BCUT2D eigenvalue weighted by atomic mass is 79.9. The molecule has 1 heterocycles. The number of hydrogen-bond acceptors (Lipinski definition) is 4. The van der Waals surface area contributed by atoms with Gasteiger partial charge in [0, 0.05) is 17.1 Å². The predicted molar refractivity (Wildman–Crippen MR) is 95.8 cm³/mol. The Labute approximate surface area is 147 Å². The summed E-state index contributed by atoms with van der Waals surface area (Å²) in [5.74, 6) is -0.500. The van der Waals surface area contributed by atoms with Gasteiger partial charge in [0.1, 0.15) is 0 Å². The van der Waals surface area contributed by atoms with Gasteiger partial charge in [-0.05, 0) is 53.5 Å². The zero-order valence-corrected chi connectivity index (χ0v) is 15.4. The van der Waals surface area contributed by atoms with Gasteiger partial charge in [-0.2, -0.15) is 0 Å². The van der Waals surface area contributed by atoms with E-state index in [1.54, 1.807) is 37.3 Å². The maximum absolute atomic E-state index is 12.7. The van der Waals surface area contributed by atoms with Gasteiger partial charge < -0.3 is 4.42 Å². The third-order valence-corrected chi connectivity index (χ3v) is 5.89. The number of sulfonamides is 1. The van der Waals surface area contributed by atoms with E-state index in [1.165, 1.54) is 10.6 Å². The van der Waals surface area contributed by atoms with E-state index in [2.05, 4.69) is 20.7 Å². The molecule has 0 spiro atoms. The number of oxazole rings is 1. The minimum Gasteiger partial charge on any atom is -0.408 e. The van der Waals surface area contributed by atoms with E-state index in [0.29, 0.717) is 27.8 Å². The van der Waals surface area contributed by atoms with E-state index in [-0.39, 0.29) is 10.5 Å². The van der Waals surface area contributed by atoms with Crippen molar-refractivity contribution < 1.29 is 12.8 Å². The van der Waals surface area contributed by atoms with Crippen molar-refractivity contribution in [3.8, 4) is 0 Å². The van der Waals surface area contributed by atoms with Gasteiger partial charge in [0.15, 0.2) is 5.58 Å². The molecule has 24 heavy (non-hydrogen) atoms. The van der Waals surface area contributed by atoms with Gasteiger partial charge in [-0.3, -0.25) is 9.29 Å². The smallest absolute Gasteiger partial charge is 0.408 e. The highest BCUT2D eigenvalue weighted by Gasteiger charge is 2.21. The molecule has 0 saturated carbocycles. The highest BCUT2D eigenvalue weighted by Crippen LogP contribution is 2.28. The maximum Gasteiger partial charge on any atom is 0.419 e. The van der Waals surface area contributed by atoms with Crippen LogP contribution in [0.15, 0.2) is 55.0 Å². The fourth-order valence-corrected chi connectivity index (χ4v) is 4.36. The zero-order valence-electron chi connectivity index (χ0n) is 13.0. The molecule has 8 heteroatoms. The van der Waals surface area contributed by atoms with Gasteiger partial charge in [0.2, 0.25) is 0 Å². The van der Waals surface area contributed by atoms with Gasteiger partial charge >= 0.3 is 5.76 Å². The van der Waals surface area contributed by atoms with E-state index in [4.69, 9.17) is 4.42 Å². The molecule has 0 aliphatic carbocycles. The van der Waals surface area contributed by atoms with Crippen LogP contribution in [0.1, 0.15) is 12.5 Å². The fourth-order valence-electron chi connectivity index (χ4n) is 2.53. The first-order chi connectivity index (χ1) is 11.3. The second-order valence-electron chi connectivity index (χ2n) is 5.28. The number of fused-ring (bicyclic) bond motifs is 1. The van der Waals surface area contributed by atoms with Crippen molar-refractivity contribution in [2.24, 2.45) is 0 Å². The summed E-state index contributed by atoms with van der Waals surface area (Å²) in [6.07, 6.45) is 0. The number of halogens is 1. The van der Waals surface area contributed by atoms with Crippen molar-refractivity contribution in [3.05, 3.63) is 57.0 Å². The molecule has 1 aromatic heterocycles. The van der Waals surface area contributed by atoms with E-state index in [1.807, 2.05) is 6.92 Å². The fraction of sp³-hybridized carbons (Fsp3) is 0.188. The van der Waals surface area contributed by atoms with Crippen LogP contribution in [0.4, 0.5) is 5.69 Å². The summed E-state index contributed by atoms with van der Waals surface area (Å²) in [7, 11) is -3.82. The molecule has 3 rings (SSSR count). The second-order valence-corrected chi connectivity index (χ2v) is 7.79. The lowest BCUT2D eigenvalue weighted by Crippen LogP contribution is -2.15. The number of benzene rings is 2. The van der Waals surface area contributed by atoms with Crippen LogP contribution in [-0.2, 0) is 16.6 Å². The number of nitrogens with zero attached hydrogens (tertiary/aromatic N) is 1. The van der Waals surface area contributed by atoms with Crippen LogP contribution in [0.3, 0.4) is 0 Å². The van der Waals surface area contributed by atoms with Crippen molar-refractivity contribution in [2.45, 2.75) is 25.3 Å². The van der Waals surface area contributed by atoms with Crippen molar-refractivity contribution in [1.82, 2.24) is 4.57 Å². The zero-order chi connectivity index (χ0) is 17.5. The molecule has 3 aromatic rings. The molecular formula is C16H15BrN2O4S. The standard InChI is InChI=1S/C16H15BrN2O4S/c1-3-19-13-8-10(2)15(9-14(13)23-16(19)20)24(21,22)18-12-7-5-4-6-11(12)17/h4-9,18H,3H2,1-2H3. The molecule has 0 aliphatic rings. The van der Waals surface area contributed by atoms with E-state index < -0.39 is 15.8 Å². The van der Waals surface area contributed by atoms with Gasteiger partial charge in [0.05, 0.1) is 16.1 Å². The molecule has 1 N–H and O–H groups in total. The lowest BCUT2D eigenvalue weighted by molar-refractivity contribution is 0.512. The van der Waals surface area contributed by atoms with Crippen LogP contribution in [0.25, 0.3) is 11.1 Å². The number of anilines is 1. The molecule has 0 amide bonds. The first-order valence-electron chi connectivity index (χ1n) is 7.25. The van der Waals surface area contributed by atoms with Crippen molar-refractivity contribution in [3.63, 3.8) is 0 Å². The van der Waals surface area contributed by atoms with Crippen LogP contribution in [0, 0.1) is 6.92 Å². The maximum atomic E-state index is 12.7. The van der Waals surface area contributed by atoms with Crippen LogP contribution in [-0.4, -0.2) is 13.0 Å². The molecule has 0 aliphatic heterocycles. The first-order valence-corrected chi connectivity index (χ1v) is 9.52. The third-order valence-electron chi connectivity index (χ3n) is 3.69. The molecule has 0 unspecified atom stereocenters. The van der Waals surface area contributed by atoms with Crippen LogP contribution < -0.4 is 10.5 Å². The van der Waals surface area contributed by atoms with Gasteiger partial charge in [0.25, 0.3) is 10.0 Å². The number of nitrogens with one attached hydrogen (secondary N) is 1. The van der Waals surface area contributed by atoms with E-state index >= 15 is 0 Å². The number of aromatic nitrogens is 1. The normalized spacial score (nSPS) is 11.8. The summed E-state index contributed by atoms with van der Waals surface area (Å²) in [6.45, 7) is 3.96. The van der Waals surface area contributed by atoms with Crippen molar-refractivity contribution in [2.75, 3.05) is 4.72 Å². The van der Waals surface area contributed by atoms with Crippen LogP contribution >= 0.6 is 15.9 Å². The SMILES string of the molecule is CCn1c(=O)oc2cc(S(=O)(=O)Nc3ccccc3Br)c(C)cc21. The average molecular weight is 411 g/mol. The Morgan fingerprint density at radius 3 is 2.62 bits per heavy atom. The minimum atomic E-state index is -3.82. The number of rotatable bonds is 4. The third kappa shape index (κ3) is 2.87. The number of hydrogen-bond donors (Lipinski definition) is 1. The Hall–Kier alpha value is -2.06. The average Bonchev–Trinajstić information content (AvgIpc) is 2.83. The highest BCUT2D eigenvalue weighted by molar-refractivity contribution is 9.10. The molecular weight excluding hydrogens is 396 g/mol. The summed E-state index contributed by atoms with van der Waals surface area (Å²) in [5, 5.41) is 0. The van der Waals surface area contributed by atoms with Gasteiger partial charge in [-0.25, -0.2) is 13.2 Å². The van der Waals surface area contributed by atoms with Gasteiger partial charge in [-0.15, -0.1) is 0 Å². The second kappa shape index (κ2) is 6.10. The van der Waals surface area contributed by atoms with Gasteiger partial charge in [-0.1, -0.05) is 12.1 Å². The topological polar surface area (TPSA) is 81.3 Å². The van der Waals surface area contributed by atoms with Crippen molar-refractivity contribution >= 4 is 42.7 Å². The Bertz CT molecular complexity index is 1080. The largest absolute Gasteiger partial charge is 0.419 e. The van der Waals surface area contributed by atoms with E-state index in [0.717, 1.165) is 0 Å². The van der Waals surface area contributed by atoms with Crippen molar-refractivity contribution in [1.29, 1.82) is 0 Å². The quantitative estimate of drug-likeness (QED) is 0.713. The molecule has 2 aromatic carbocycles. The number of aryl methyl sites for hydroxylation is 2. The monoisotopic (exact) mass is 410 g/mol. The lowest BCUT2D eigenvalue weighted by Gasteiger charge is -2.11. The number of para-hydroxylation sites is 1. The van der Waals surface area contributed by atoms with Crippen LogP contribution in [0.2, 0.25) is 0 Å². The predicted octanol–water partition coefficient (Wildman–Crippen LogP) is 3.49. The summed E-state index contributed by atoms with van der Waals surface area (Å²) in [5.41, 5.74) is 1.80. The molecule has 0 bridgehead atoms. The summed E-state index contributed by atoms with van der Waals surface area (Å²) >= 11 is 3.31. The Balaban J connectivity index is 2.13. The molecule has 0 atom stereocenters. The Kier molecular flexibility index (Phi) is 4.27. The lowest BCUT2D eigenvalue weighted by atomic mass is 10.2. The Morgan fingerprint density at radius 2 is 1.96 bits per heavy atom. The Morgan fingerprint density at radius 1 is 1.25 bits per heavy atom. The summed E-state index contributed by atoms with van der Waals surface area (Å²) in [4.78, 5) is 11.9. The molecule has 0 fully saturated rings. The molecule has 126 valence electrons. The summed E-state index contributed by atoms with van der Waals surface area (Å²) < 4.78 is 35.2. The first kappa shape index (κ1) is 16.8. The van der Waals surface area contributed by atoms with E-state index in [9.17, 15) is 13.2 Å². The molecule has 0 saturated heterocycles. The summed E-state index contributed by atoms with van der Waals surface area (Å²) in [6, 6.07) is 9.97. The van der Waals surface area contributed by atoms with Crippen LogP contribution in [0.5, 0.6) is 0 Å². The molecule has 0 radical (unpaired) electrons. The minimum absolute atomic E-state index is 0.0720.